The van der Waals surface area contributed by atoms with Crippen molar-refractivity contribution in [1.29, 1.82) is 0 Å². The van der Waals surface area contributed by atoms with Gasteiger partial charge in [-0.1, -0.05) is 85.9 Å². The van der Waals surface area contributed by atoms with Gasteiger partial charge in [0.1, 0.15) is 6.54 Å². The first kappa shape index (κ1) is 20.7. The second-order valence-electron chi connectivity index (χ2n) is 6.77. The molecule has 1 N–H and O–H groups in total. The molecule has 0 saturated carbocycles. The molecule has 2 rings (SSSR count). The van der Waals surface area contributed by atoms with Crippen LogP contribution in [0.15, 0.2) is 66.9 Å². The highest BCUT2D eigenvalue weighted by Crippen LogP contribution is 2.26. The SMILES string of the molecule is C=Cc1ccc(CN(Cc2ccc(C=C)cc2)C(CC)(CO)CN=O)cc1. The van der Waals surface area contributed by atoms with Crippen LogP contribution >= 0.6 is 0 Å². The molecular weight excluding hydrogens is 336 g/mol. The van der Waals surface area contributed by atoms with Crippen molar-refractivity contribution < 1.29 is 5.11 Å². The molecular formula is C23H28N2O2. The molecule has 2 aromatic rings. The van der Waals surface area contributed by atoms with Crippen molar-refractivity contribution in [3.63, 3.8) is 0 Å². The number of nitroso groups, excluding NO2 is 1. The second-order valence-corrected chi connectivity index (χ2v) is 6.77. The van der Waals surface area contributed by atoms with Gasteiger partial charge in [-0.25, -0.2) is 0 Å². The van der Waals surface area contributed by atoms with Gasteiger partial charge in [0.2, 0.25) is 0 Å². The Hall–Kier alpha value is -2.56. The molecule has 0 aliphatic heterocycles. The van der Waals surface area contributed by atoms with Gasteiger partial charge in [-0.05, 0) is 28.7 Å². The fraction of sp³-hybridized carbons (Fsp3) is 0.304. The Morgan fingerprint density at radius 3 is 1.70 bits per heavy atom. The number of rotatable bonds is 11. The first-order chi connectivity index (χ1) is 13.1. The molecule has 0 spiro atoms. The van der Waals surface area contributed by atoms with Crippen LogP contribution in [-0.2, 0) is 13.1 Å². The predicted octanol–water partition coefficient (Wildman–Crippen LogP) is 4.88. The van der Waals surface area contributed by atoms with E-state index in [1.807, 2.05) is 43.3 Å². The molecule has 0 heterocycles. The van der Waals surface area contributed by atoms with E-state index in [4.69, 9.17) is 0 Å². The fourth-order valence-corrected chi connectivity index (χ4v) is 3.17. The molecule has 1 unspecified atom stereocenters. The van der Waals surface area contributed by atoms with Crippen molar-refractivity contribution in [3.8, 4) is 0 Å². The van der Waals surface area contributed by atoms with E-state index in [0.29, 0.717) is 19.5 Å². The Bertz CT molecular complexity index is 693. The quantitative estimate of drug-likeness (QED) is 0.578. The van der Waals surface area contributed by atoms with Crippen molar-refractivity contribution >= 4 is 12.2 Å². The van der Waals surface area contributed by atoms with Crippen LogP contribution in [0.4, 0.5) is 0 Å². The van der Waals surface area contributed by atoms with Crippen molar-refractivity contribution in [2.24, 2.45) is 5.18 Å². The molecule has 1 atom stereocenters. The summed E-state index contributed by atoms with van der Waals surface area (Å²) in [4.78, 5) is 13.3. The Kier molecular flexibility index (Phi) is 7.65. The number of aliphatic hydroxyl groups is 1. The summed E-state index contributed by atoms with van der Waals surface area (Å²) in [7, 11) is 0. The van der Waals surface area contributed by atoms with Crippen molar-refractivity contribution in [2.45, 2.75) is 32.0 Å². The molecule has 142 valence electrons. The summed E-state index contributed by atoms with van der Waals surface area (Å²) in [5, 5.41) is 13.3. The monoisotopic (exact) mass is 364 g/mol. The molecule has 0 radical (unpaired) electrons. The number of benzene rings is 2. The molecule has 0 amide bonds. The van der Waals surface area contributed by atoms with Crippen molar-refractivity contribution in [1.82, 2.24) is 4.90 Å². The van der Waals surface area contributed by atoms with Gasteiger partial charge < -0.3 is 5.11 Å². The Balaban J connectivity index is 2.33. The molecule has 4 nitrogen and oxygen atoms in total. The number of hydrogen-bond donors (Lipinski definition) is 1. The van der Waals surface area contributed by atoms with Gasteiger partial charge in [0, 0.05) is 13.1 Å². The van der Waals surface area contributed by atoms with E-state index < -0.39 is 5.54 Å². The van der Waals surface area contributed by atoms with E-state index in [-0.39, 0.29) is 13.2 Å². The van der Waals surface area contributed by atoms with Gasteiger partial charge in [0.25, 0.3) is 0 Å². The summed E-state index contributed by atoms with van der Waals surface area (Å²) in [6.45, 7) is 10.7. The predicted molar refractivity (Wildman–Crippen MR) is 113 cm³/mol. The zero-order valence-corrected chi connectivity index (χ0v) is 16.0. The van der Waals surface area contributed by atoms with Gasteiger partial charge in [0.05, 0.1) is 12.1 Å². The summed E-state index contributed by atoms with van der Waals surface area (Å²) >= 11 is 0. The Morgan fingerprint density at radius 2 is 1.41 bits per heavy atom. The smallest absolute Gasteiger partial charge is 0.102 e. The third-order valence-electron chi connectivity index (χ3n) is 5.16. The van der Waals surface area contributed by atoms with Gasteiger partial charge >= 0.3 is 0 Å². The lowest BCUT2D eigenvalue weighted by Gasteiger charge is -2.41. The highest BCUT2D eigenvalue weighted by atomic mass is 16.3. The molecule has 0 aliphatic rings. The third kappa shape index (κ3) is 5.22. The molecule has 0 aromatic heterocycles. The van der Waals surface area contributed by atoms with E-state index in [1.165, 1.54) is 0 Å². The highest BCUT2D eigenvalue weighted by molar-refractivity contribution is 5.48. The van der Waals surface area contributed by atoms with Crippen LogP contribution in [0.5, 0.6) is 0 Å². The van der Waals surface area contributed by atoms with Crippen LogP contribution in [0, 0.1) is 4.91 Å². The minimum absolute atomic E-state index is 0.0511. The maximum atomic E-state index is 11.1. The summed E-state index contributed by atoms with van der Waals surface area (Å²) in [5.74, 6) is 0. The minimum atomic E-state index is -0.685. The molecule has 4 heteroatoms. The second kappa shape index (κ2) is 9.95. The van der Waals surface area contributed by atoms with Gasteiger partial charge in [-0.3, -0.25) is 4.90 Å². The van der Waals surface area contributed by atoms with Gasteiger partial charge in [-0.2, -0.15) is 4.91 Å². The van der Waals surface area contributed by atoms with Crippen LogP contribution in [0.1, 0.15) is 35.6 Å². The molecule has 0 saturated heterocycles. The van der Waals surface area contributed by atoms with Crippen LogP contribution < -0.4 is 0 Å². The zero-order valence-electron chi connectivity index (χ0n) is 16.0. The van der Waals surface area contributed by atoms with Crippen LogP contribution in [0.3, 0.4) is 0 Å². The fourth-order valence-electron chi connectivity index (χ4n) is 3.17. The maximum Gasteiger partial charge on any atom is 0.102 e. The lowest BCUT2D eigenvalue weighted by molar-refractivity contribution is 0.0194. The van der Waals surface area contributed by atoms with E-state index in [1.54, 1.807) is 0 Å². The summed E-state index contributed by atoms with van der Waals surface area (Å²) < 4.78 is 0. The average Bonchev–Trinajstić information content (AvgIpc) is 2.72. The van der Waals surface area contributed by atoms with E-state index in [0.717, 1.165) is 22.3 Å². The molecule has 27 heavy (non-hydrogen) atoms. The van der Waals surface area contributed by atoms with E-state index >= 15 is 0 Å². The van der Waals surface area contributed by atoms with Gasteiger partial charge in [-0.15, -0.1) is 0 Å². The molecule has 2 aromatic carbocycles. The lowest BCUT2D eigenvalue weighted by atomic mass is 9.93. The van der Waals surface area contributed by atoms with Gasteiger partial charge in [0.15, 0.2) is 0 Å². The topological polar surface area (TPSA) is 52.9 Å². The number of aliphatic hydroxyl groups excluding tert-OH is 1. The standard InChI is InChI=1S/C23H28N2O2/c1-4-19-7-11-21(12-8-19)15-25(23(6-3,18-26)17-24-27)16-22-13-9-20(5-2)10-14-22/h4-5,7-14,26H,1-2,6,15-18H2,3H3. The zero-order chi connectivity index (χ0) is 19.7. The first-order valence-corrected chi connectivity index (χ1v) is 9.18. The van der Waals surface area contributed by atoms with Crippen LogP contribution in [0.25, 0.3) is 12.2 Å². The van der Waals surface area contributed by atoms with Crippen LogP contribution in [0.2, 0.25) is 0 Å². The van der Waals surface area contributed by atoms with Crippen molar-refractivity contribution in [2.75, 3.05) is 13.2 Å². The number of hydrogen-bond acceptors (Lipinski definition) is 4. The summed E-state index contributed by atoms with van der Waals surface area (Å²) in [5.41, 5.74) is 3.66. The average molecular weight is 364 g/mol. The van der Waals surface area contributed by atoms with Crippen molar-refractivity contribution in [3.05, 3.63) is 88.8 Å². The molecule has 0 fully saturated rings. The normalized spacial score (nSPS) is 13.1. The Morgan fingerprint density at radius 1 is 0.963 bits per heavy atom. The third-order valence-corrected chi connectivity index (χ3v) is 5.16. The number of nitrogens with zero attached hydrogens (tertiary/aromatic N) is 2. The van der Waals surface area contributed by atoms with E-state index in [2.05, 4.69) is 47.5 Å². The van der Waals surface area contributed by atoms with Crippen LogP contribution in [-0.4, -0.2) is 28.7 Å². The lowest BCUT2D eigenvalue weighted by Crippen LogP contribution is -2.52. The molecule has 0 bridgehead atoms. The highest BCUT2D eigenvalue weighted by Gasteiger charge is 2.35. The summed E-state index contributed by atoms with van der Waals surface area (Å²) in [6, 6.07) is 16.3. The first-order valence-electron chi connectivity index (χ1n) is 9.18. The maximum absolute atomic E-state index is 11.1. The Labute approximate surface area is 161 Å². The minimum Gasteiger partial charge on any atom is -0.394 e. The van der Waals surface area contributed by atoms with E-state index in [9.17, 15) is 10.0 Å². The summed E-state index contributed by atoms with van der Waals surface area (Å²) in [6.07, 6.45) is 4.25. The molecule has 0 aliphatic carbocycles. The largest absolute Gasteiger partial charge is 0.394 e.